The van der Waals surface area contributed by atoms with Crippen molar-refractivity contribution in [3.8, 4) is 44.5 Å². The maximum atomic E-state index is 2.46. The maximum absolute atomic E-state index is 2.46. The number of thiophene rings is 1. The van der Waals surface area contributed by atoms with Gasteiger partial charge in [0.1, 0.15) is 0 Å². The van der Waals surface area contributed by atoms with Crippen LogP contribution in [0.4, 0.5) is 0 Å². The molecule has 1 heteroatoms. The van der Waals surface area contributed by atoms with Crippen LogP contribution in [0.15, 0.2) is 182 Å². The summed E-state index contributed by atoms with van der Waals surface area (Å²) in [5.74, 6) is 0. The molecule has 0 nitrogen and oxygen atoms in total. The largest absolute Gasteiger partial charge is 0.135 e. The lowest BCUT2D eigenvalue weighted by Crippen LogP contribution is -2.14. The van der Waals surface area contributed by atoms with Gasteiger partial charge in [-0.25, -0.2) is 0 Å². The summed E-state index contributed by atoms with van der Waals surface area (Å²) in [4.78, 5) is 0. The summed E-state index contributed by atoms with van der Waals surface area (Å²) in [5, 5.41) is 13.0. The molecule has 56 heavy (non-hydrogen) atoms. The van der Waals surface area contributed by atoms with E-state index in [4.69, 9.17) is 0 Å². The normalized spacial score (nSPS) is 13.3. The first-order valence-electron chi connectivity index (χ1n) is 19.6. The molecule has 1 heterocycles. The van der Waals surface area contributed by atoms with E-state index < -0.39 is 0 Å². The Bertz CT molecular complexity index is 3370. The summed E-state index contributed by atoms with van der Waals surface area (Å²) in [5.41, 5.74) is 13.0. The molecule has 0 saturated carbocycles. The second-order valence-electron chi connectivity index (χ2n) is 16.0. The van der Waals surface area contributed by atoms with Gasteiger partial charge in [-0.15, -0.1) is 11.3 Å². The van der Waals surface area contributed by atoms with E-state index in [-0.39, 0.29) is 5.41 Å². The van der Waals surface area contributed by atoms with E-state index in [1.807, 2.05) is 11.3 Å². The van der Waals surface area contributed by atoms with Gasteiger partial charge < -0.3 is 0 Å². The van der Waals surface area contributed by atoms with Gasteiger partial charge in [0.05, 0.1) is 0 Å². The molecule has 1 aliphatic rings. The van der Waals surface area contributed by atoms with Crippen molar-refractivity contribution < 1.29 is 0 Å². The van der Waals surface area contributed by atoms with Crippen molar-refractivity contribution in [3.05, 3.63) is 193 Å². The molecule has 0 atom stereocenters. The predicted molar refractivity (Wildman–Crippen MR) is 243 cm³/mol. The molecular formula is C55H36S. The lowest BCUT2D eigenvalue weighted by atomic mass is 9.81. The topological polar surface area (TPSA) is 0 Å². The summed E-state index contributed by atoms with van der Waals surface area (Å²) in [6.07, 6.45) is 0. The van der Waals surface area contributed by atoms with Crippen molar-refractivity contribution in [2.45, 2.75) is 19.3 Å². The first kappa shape index (κ1) is 31.8. The predicted octanol–water partition coefficient (Wildman–Crippen LogP) is 16.0. The van der Waals surface area contributed by atoms with Crippen LogP contribution in [0.5, 0.6) is 0 Å². The zero-order chi connectivity index (χ0) is 37.1. The molecule has 0 bridgehead atoms. The zero-order valence-electron chi connectivity index (χ0n) is 31.2. The average molecular weight is 729 g/mol. The summed E-state index contributed by atoms with van der Waals surface area (Å²) >= 11 is 1.90. The fourth-order valence-electron chi connectivity index (χ4n) is 9.90. The second-order valence-corrected chi connectivity index (χ2v) is 17.1. The number of hydrogen-bond donors (Lipinski definition) is 0. The minimum atomic E-state index is -0.0762. The van der Waals surface area contributed by atoms with Gasteiger partial charge in [-0.3, -0.25) is 0 Å². The summed E-state index contributed by atoms with van der Waals surface area (Å²) in [6.45, 7) is 4.77. The molecule has 10 aromatic carbocycles. The van der Waals surface area contributed by atoms with Gasteiger partial charge in [0.2, 0.25) is 0 Å². The third-order valence-corrected chi connectivity index (χ3v) is 13.8. The second kappa shape index (κ2) is 11.7. The Balaban J connectivity index is 0.984. The van der Waals surface area contributed by atoms with Crippen molar-refractivity contribution in [1.82, 2.24) is 0 Å². The quantitative estimate of drug-likeness (QED) is 0.159. The van der Waals surface area contributed by atoms with Gasteiger partial charge in [-0.05, 0) is 135 Å². The summed E-state index contributed by atoms with van der Waals surface area (Å²) < 4.78 is 2.71. The number of benzene rings is 10. The van der Waals surface area contributed by atoms with Crippen LogP contribution in [0.25, 0.3) is 108 Å². The molecule has 0 unspecified atom stereocenters. The van der Waals surface area contributed by atoms with Crippen molar-refractivity contribution in [2.75, 3.05) is 0 Å². The molecule has 1 aliphatic carbocycles. The summed E-state index contributed by atoms with van der Waals surface area (Å²) in [6, 6.07) is 68.3. The molecular weight excluding hydrogens is 693 g/mol. The summed E-state index contributed by atoms with van der Waals surface area (Å²) in [7, 11) is 0. The first-order chi connectivity index (χ1) is 27.5. The van der Waals surface area contributed by atoms with Gasteiger partial charge >= 0.3 is 0 Å². The molecule has 0 saturated heterocycles. The van der Waals surface area contributed by atoms with Crippen molar-refractivity contribution >= 4 is 74.6 Å². The van der Waals surface area contributed by atoms with E-state index >= 15 is 0 Å². The molecule has 0 amide bonds. The number of rotatable bonds is 3. The van der Waals surface area contributed by atoms with Gasteiger partial charge in [-0.1, -0.05) is 159 Å². The molecule has 1 aromatic heterocycles. The van der Waals surface area contributed by atoms with E-state index in [0.29, 0.717) is 0 Å². The van der Waals surface area contributed by atoms with Crippen LogP contribution in [0.1, 0.15) is 25.0 Å². The molecule has 0 radical (unpaired) electrons. The third-order valence-electron chi connectivity index (χ3n) is 12.6. The van der Waals surface area contributed by atoms with Gasteiger partial charge in [0, 0.05) is 25.6 Å². The van der Waals surface area contributed by atoms with Crippen LogP contribution in [-0.4, -0.2) is 0 Å². The van der Waals surface area contributed by atoms with Crippen LogP contribution in [-0.2, 0) is 5.41 Å². The SMILES string of the molecule is CC1(C)c2ccc(-c3ccc(-c4c5ccccc5c(-c5cccc6ccccc56)c5ccccc45)cc3)cc2-c2cc3cc4sc5ccccc5c4cc3cc21. The highest BCUT2D eigenvalue weighted by atomic mass is 32.1. The molecule has 0 aliphatic heterocycles. The van der Waals surface area contributed by atoms with Crippen LogP contribution in [0.3, 0.4) is 0 Å². The van der Waals surface area contributed by atoms with Crippen molar-refractivity contribution in [3.63, 3.8) is 0 Å². The molecule has 0 spiro atoms. The van der Waals surface area contributed by atoms with Crippen molar-refractivity contribution in [2.24, 2.45) is 0 Å². The van der Waals surface area contributed by atoms with E-state index in [2.05, 4.69) is 196 Å². The highest BCUT2D eigenvalue weighted by molar-refractivity contribution is 7.25. The lowest BCUT2D eigenvalue weighted by Gasteiger charge is -2.22. The Labute approximate surface area is 329 Å². The fraction of sp³-hybridized carbons (Fsp3) is 0.0545. The third kappa shape index (κ3) is 4.53. The standard InChI is InChI=1S/C55H36S/c1-55(2)49-27-26-36(28-46(49)47-29-38-32-52-48(30-37(38)31-50(47)55)40-15-9-10-21-51(40)56-52)33-22-24-35(25-23-33)53-42-16-5-7-18-44(42)54(45-19-8-6-17-43(45)53)41-20-11-13-34-12-3-4-14-39(34)41/h3-32H,1-2H3. The van der Waals surface area contributed by atoms with Crippen LogP contribution in [0.2, 0.25) is 0 Å². The average Bonchev–Trinajstić information content (AvgIpc) is 3.71. The molecule has 0 N–H and O–H groups in total. The Kier molecular flexibility index (Phi) is 6.66. The highest BCUT2D eigenvalue weighted by Gasteiger charge is 2.36. The Morgan fingerprint density at radius 1 is 0.321 bits per heavy atom. The minimum Gasteiger partial charge on any atom is -0.135 e. The van der Waals surface area contributed by atoms with Gasteiger partial charge in [0.25, 0.3) is 0 Å². The zero-order valence-corrected chi connectivity index (χ0v) is 32.0. The van der Waals surface area contributed by atoms with Crippen LogP contribution < -0.4 is 0 Å². The molecule has 11 aromatic rings. The van der Waals surface area contributed by atoms with Crippen LogP contribution in [0, 0.1) is 0 Å². The first-order valence-corrected chi connectivity index (χ1v) is 20.4. The smallest absolute Gasteiger partial charge is 0.0361 e. The van der Waals surface area contributed by atoms with E-state index in [1.165, 1.54) is 119 Å². The monoisotopic (exact) mass is 728 g/mol. The highest BCUT2D eigenvalue weighted by Crippen LogP contribution is 2.52. The Hall–Kier alpha value is -6.54. The number of fused-ring (bicyclic) bond motifs is 10. The lowest BCUT2D eigenvalue weighted by molar-refractivity contribution is 0.661. The van der Waals surface area contributed by atoms with Crippen molar-refractivity contribution in [1.29, 1.82) is 0 Å². The Morgan fingerprint density at radius 2 is 0.893 bits per heavy atom. The minimum absolute atomic E-state index is 0.0762. The molecule has 12 rings (SSSR count). The van der Waals surface area contributed by atoms with Gasteiger partial charge in [-0.2, -0.15) is 0 Å². The van der Waals surface area contributed by atoms with E-state index in [1.54, 1.807) is 0 Å². The maximum Gasteiger partial charge on any atom is 0.0361 e. The van der Waals surface area contributed by atoms with Gasteiger partial charge in [0.15, 0.2) is 0 Å². The molecule has 0 fully saturated rings. The fourth-order valence-corrected chi connectivity index (χ4v) is 11.0. The number of hydrogen-bond acceptors (Lipinski definition) is 1. The van der Waals surface area contributed by atoms with E-state index in [0.717, 1.165) is 0 Å². The molecule has 262 valence electrons. The van der Waals surface area contributed by atoms with E-state index in [9.17, 15) is 0 Å². The van der Waals surface area contributed by atoms with Crippen LogP contribution >= 0.6 is 11.3 Å². The Morgan fingerprint density at radius 3 is 1.64 bits per heavy atom.